The van der Waals surface area contributed by atoms with E-state index in [1.54, 1.807) is 11.3 Å². The number of hydrogen-bond donors (Lipinski definition) is 1. The number of hydrogen-bond acceptors (Lipinski definition) is 6. The first-order chi connectivity index (χ1) is 19.4. The summed E-state index contributed by atoms with van der Waals surface area (Å²) < 4.78 is 5.91. The third-order valence-electron chi connectivity index (χ3n) is 7.85. The highest BCUT2D eigenvalue weighted by atomic mass is 35.5. The molecule has 2 aromatic carbocycles. The van der Waals surface area contributed by atoms with Crippen molar-refractivity contribution in [2.45, 2.75) is 70.5 Å². The Kier molecular flexibility index (Phi) is 10.2. The van der Waals surface area contributed by atoms with Gasteiger partial charge in [-0.3, -0.25) is 9.69 Å². The maximum atomic E-state index is 12.5. The molecule has 2 fully saturated rings. The molecule has 1 aromatic heterocycles. The number of aromatic nitrogens is 1. The summed E-state index contributed by atoms with van der Waals surface area (Å²) in [6.45, 7) is 6.65. The largest absolute Gasteiger partial charge is 0.494 e. The molecule has 0 bridgehead atoms. The lowest BCUT2D eigenvalue weighted by atomic mass is 10.0. The molecule has 0 saturated carbocycles. The highest BCUT2D eigenvalue weighted by molar-refractivity contribution is 7.14. The highest BCUT2D eigenvalue weighted by Crippen LogP contribution is 2.32. The second-order valence-electron chi connectivity index (χ2n) is 10.9. The summed E-state index contributed by atoms with van der Waals surface area (Å²) in [5.74, 6) is 0.919. The van der Waals surface area contributed by atoms with Crippen LogP contribution >= 0.6 is 34.5 Å². The zero-order valence-corrected chi connectivity index (χ0v) is 25.4. The molecular weight excluding hydrogens is 563 g/mol. The Morgan fingerprint density at radius 2 is 1.85 bits per heavy atom. The van der Waals surface area contributed by atoms with Crippen molar-refractivity contribution >= 4 is 45.6 Å². The predicted molar refractivity (Wildman–Crippen MR) is 166 cm³/mol. The smallest absolute Gasteiger partial charge is 0.220 e. The van der Waals surface area contributed by atoms with E-state index in [4.69, 9.17) is 32.9 Å². The van der Waals surface area contributed by atoms with Crippen molar-refractivity contribution < 1.29 is 9.53 Å². The zero-order valence-electron chi connectivity index (χ0n) is 23.1. The Morgan fingerprint density at radius 1 is 1.05 bits per heavy atom. The molecule has 40 heavy (non-hydrogen) atoms. The third-order valence-corrected chi connectivity index (χ3v) is 9.47. The van der Waals surface area contributed by atoms with Crippen molar-refractivity contribution in [1.82, 2.24) is 15.2 Å². The summed E-state index contributed by atoms with van der Waals surface area (Å²) in [4.78, 5) is 22.2. The lowest BCUT2D eigenvalue weighted by Gasteiger charge is -2.33. The molecule has 0 radical (unpaired) electrons. The van der Waals surface area contributed by atoms with Crippen molar-refractivity contribution in [2.24, 2.45) is 0 Å². The Hall–Kier alpha value is -2.32. The van der Waals surface area contributed by atoms with E-state index in [2.05, 4.69) is 39.6 Å². The molecular formula is C31H38Cl2N4O2S. The lowest BCUT2D eigenvalue weighted by Crippen LogP contribution is -2.44. The van der Waals surface area contributed by atoms with E-state index < -0.39 is 0 Å². The summed E-state index contributed by atoms with van der Waals surface area (Å²) in [5, 5.41) is 7.64. The van der Waals surface area contributed by atoms with Gasteiger partial charge in [0.1, 0.15) is 5.75 Å². The van der Waals surface area contributed by atoms with Crippen LogP contribution in [0, 0.1) is 0 Å². The summed E-state index contributed by atoms with van der Waals surface area (Å²) in [6.07, 6.45) is 6.86. The molecule has 9 heteroatoms. The second-order valence-corrected chi connectivity index (χ2v) is 12.5. The number of anilines is 1. The summed E-state index contributed by atoms with van der Waals surface area (Å²) in [7, 11) is 0. The van der Waals surface area contributed by atoms with Crippen LogP contribution in [0.5, 0.6) is 5.75 Å². The molecule has 5 rings (SSSR count). The van der Waals surface area contributed by atoms with Gasteiger partial charge >= 0.3 is 0 Å². The zero-order chi connectivity index (χ0) is 27.9. The predicted octanol–water partition coefficient (Wildman–Crippen LogP) is 7.44. The molecule has 3 aromatic rings. The van der Waals surface area contributed by atoms with E-state index in [0.717, 1.165) is 66.7 Å². The van der Waals surface area contributed by atoms with Crippen LogP contribution in [0.2, 0.25) is 10.0 Å². The fraction of sp³-hybridized carbons (Fsp3) is 0.484. The molecule has 0 aliphatic carbocycles. The number of piperidine rings is 2. The first kappa shape index (κ1) is 29.2. The first-order valence-corrected chi connectivity index (χ1v) is 16.0. The van der Waals surface area contributed by atoms with Crippen LogP contribution in [0.4, 0.5) is 5.13 Å². The van der Waals surface area contributed by atoms with E-state index in [1.807, 2.05) is 30.3 Å². The number of amides is 1. The van der Waals surface area contributed by atoms with Gasteiger partial charge in [-0.2, -0.15) is 0 Å². The Balaban J connectivity index is 0.983. The lowest BCUT2D eigenvalue weighted by molar-refractivity contribution is -0.122. The molecule has 2 aliphatic rings. The van der Waals surface area contributed by atoms with Crippen LogP contribution in [-0.4, -0.2) is 54.1 Å². The third kappa shape index (κ3) is 7.90. The Labute approximate surface area is 251 Å². The van der Waals surface area contributed by atoms with Crippen LogP contribution in [0.15, 0.2) is 47.8 Å². The number of benzene rings is 2. The molecule has 2 aliphatic heterocycles. The number of rotatable bonds is 10. The van der Waals surface area contributed by atoms with Gasteiger partial charge in [-0.05, 0) is 87.4 Å². The van der Waals surface area contributed by atoms with Gasteiger partial charge in [0.15, 0.2) is 5.13 Å². The number of thiazole rings is 1. The molecule has 1 atom stereocenters. The van der Waals surface area contributed by atoms with Crippen LogP contribution in [0.25, 0.3) is 11.3 Å². The molecule has 1 unspecified atom stereocenters. The SMILES string of the molecule is CC1CCCCN1c1nc(-c2ccc(OCCCC(=O)NC3CCN(Cc4ccc(Cl)c(Cl)c4)CC3)cc2)cs1. The van der Waals surface area contributed by atoms with Crippen LogP contribution in [0.1, 0.15) is 57.4 Å². The molecule has 6 nitrogen and oxygen atoms in total. The molecule has 1 amide bonds. The van der Waals surface area contributed by atoms with Crippen molar-refractivity contribution in [2.75, 3.05) is 31.1 Å². The van der Waals surface area contributed by atoms with Gasteiger partial charge in [0, 0.05) is 55.6 Å². The van der Waals surface area contributed by atoms with Gasteiger partial charge in [-0.25, -0.2) is 4.98 Å². The maximum Gasteiger partial charge on any atom is 0.220 e. The van der Waals surface area contributed by atoms with Gasteiger partial charge in [0.05, 0.1) is 22.3 Å². The fourth-order valence-corrected chi connectivity index (χ4v) is 6.77. The summed E-state index contributed by atoms with van der Waals surface area (Å²) >= 11 is 13.9. The number of carbonyl (C=O) groups is 1. The Bertz CT molecular complexity index is 1260. The van der Waals surface area contributed by atoms with E-state index >= 15 is 0 Å². The average molecular weight is 602 g/mol. The van der Waals surface area contributed by atoms with Gasteiger partial charge in [0.25, 0.3) is 0 Å². The number of likely N-dealkylation sites (tertiary alicyclic amines) is 1. The average Bonchev–Trinajstić information content (AvgIpc) is 3.45. The molecule has 214 valence electrons. The maximum absolute atomic E-state index is 12.5. The standard InChI is InChI=1S/C31H38Cl2N4O2S/c1-22-5-2-3-15-37(22)31-35-29(21-40-31)24-8-10-26(11-9-24)39-18-4-6-30(38)34-25-13-16-36(17-14-25)20-23-7-12-27(32)28(33)19-23/h7-12,19,21-22,25H,2-6,13-18,20H2,1H3,(H,34,38). The number of nitrogens with zero attached hydrogens (tertiary/aromatic N) is 3. The monoisotopic (exact) mass is 600 g/mol. The molecule has 3 heterocycles. The molecule has 1 N–H and O–H groups in total. The highest BCUT2D eigenvalue weighted by Gasteiger charge is 2.22. The van der Waals surface area contributed by atoms with Gasteiger partial charge in [0.2, 0.25) is 5.91 Å². The van der Waals surface area contributed by atoms with Gasteiger partial charge in [-0.15, -0.1) is 11.3 Å². The van der Waals surface area contributed by atoms with E-state index in [1.165, 1.54) is 19.3 Å². The minimum Gasteiger partial charge on any atom is -0.494 e. The first-order valence-electron chi connectivity index (χ1n) is 14.4. The van der Waals surface area contributed by atoms with Gasteiger partial charge < -0.3 is 15.0 Å². The normalized spacial score (nSPS) is 18.6. The van der Waals surface area contributed by atoms with E-state index in [9.17, 15) is 4.79 Å². The van der Waals surface area contributed by atoms with Crippen molar-refractivity contribution in [1.29, 1.82) is 0 Å². The topological polar surface area (TPSA) is 57.7 Å². The molecule has 2 saturated heterocycles. The summed E-state index contributed by atoms with van der Waals surface area (Å²) in [5.41, 5.74) is 3.27. The van der Waals surface area contributed by atoms with Crippen molar-refractivity contribution in [3.63, 3.8) is 0 Å². The van der Waals surface area contributed by atoms with Crippen LogP contribution in [-0.2, 0) is 11.3 Å². The molecule has 0 spiro atoms. The van der Waals surface area contributed by atoms with Gasteiger partial charge in [-0.1, -0.05) is 29.3 Å². The number of nitrogens with one attached hydrogen (secondary N) is 1. The van der Waals surface area contributed by atoms with Crippen LogP contribution < -0.4 is 15.0 Å². The van der Waals surface area contributed by atoms with Crippen molar-refractivity contribution in [3.8, 4) is 17.0 Å². The van der Waals surface area contributed by atoms with E-state index in [0.29, 0.717) is 35.5 Å². The van der Waals surface area contributed by atoms with E-state index in [-0.39, 0.29) is 11.9 Å². The number of halogens is 2. The number of carbonyl (C=O) groups excluding carboxylic acids is 1. The minimum atomic E-state index is 0.101. The Morgan fingerprint density at radius 3 is 2.60 bits per heavy atom. The van der Waals surface area contributed by atoms with Crippen molar-refractivity contribution in [3.05, 3.63) is 63.5 Å². The van der Waals surface area contributed by atoms with Crippen LogP contribution in [0.3, 0.4) is 0 Å². The minimum absolute atomic E-state index is 0.101. The fourth-order valence-electron chi connectivity index (χ4n) is 5.49. The summed E-state index contributed by atoms with van der Waals surface area (Å²) in [6, 6.07) is 14.7. The second kappa shape index (κ2) is 14.0. The number of ether oxygens (including phenoxy) is 1. The quantitative estimate of drug-likeness (QED) is 0.245.